The topological polar surface area (TPSA) is 49.8 Å². The average molecular weight is 199 g/mol. The van der Waals surface area contributed by atoms with Gasteiger partial charge in [-0.3, -0.25) is 9.69 Å². The normalized spacial score (nSPS) is 33.7. The van der Waals surface area contributed by atoms with Crippen molar-refractivity contribution in [3.8, 4) is 0 Å². The minimum Gasteiger partial charge on any atom is -0.480 e. The first-order chi connectivity index (χ1) is 6.77. The molecular formula is C10H17NO3. The van der Waals surface area contributed by atoms with Crippen molar-refractivity contribution in [3.05, 3.63) is 0 Å². The molecule has 2 fully saturated rings. The molecule has 4 heteroatoms. The van der Waals surface area contributed by atoms with Gasteiger partial charge in [-0.25, -0.2) is 0 Å². The zero-order valence-corrected chi connectivity index (χ0v) is 8.32. The second kappa shape index (κ2) is 4.28. The maximum Gasteiger partial charge on any atom is 0.320 e. The number of hydrogen-bond donors (Lipinski definition) is 1. The number of ether oxygens (including phenoxy) is 1. The molecule has 0 amide bonds. The van der Waals surface area contributed by atoms with Crippen LogP contribution in [0.1, 0.15) is 19.3 Å². The van der Waals surface area contributed by atoms with Gasteiger partial charge >= 0.3 is 5.97 Å². The van der Waals surface area contributed by atoms with E-state index < -0.39 is 5.97 Å². The maximum absolute atomic E-state index is 10.9. The van der Waals surface area contributed by atoms with Crippen molar-refractivity contribution in [3.63, 3.8) is 0 Å². The highest BCUT2D eigenvalue weighted by Gasteiger charge is 2.32. The lowest BCUT2D eigenvalue weighted by Crippen LogP contribution is -2.39. The second-order valence-corrected chi connectivity index (χ2v) is 4.22. The Kier molecular flexibility index (Phi) is 3.03. The molecule has 0 aromatic carbocycles. The van der Waals surface area contributed by atoms with Crippen molar-refractivity contribution < 1.29 is 14.6 Å². The average Bonchev–Trinajstić information content (AvgIpc) is 2.75. The van der Waals surface area contributed by atoms with Gasteiger partial charge in [0.25, 0.3) is 0 Å². The lowest BCUT2D eigenvalue weighted by Gasteiger charge is -2.23. The Morgan fingerprint density at radius 1 is 1.50 bits per heavy atom. The largest absolute Gasteiger partial charge is 0.480 e. The zero-order valence-electron chi connectivity index (χ0n) is 8.32. The molecule has 0 bridgehead atoms. The van der Waals surface area contributed by atoms with E-state index in [-0.39, 0.29) is 6.04 Å². The van der Waals surface area contributed by atoms with Crippen molar-refractivity contribution in [2.75, 3.05) is 26.3 Å². The van der Waals surface area contributed by atoms with Crippen LogP contribution in [-0.4, -0.2) is 48.3 Å². The van der Waals surface area contributed by atoms with Gasteiger partial charge in [0.05, 0.1) is 6.61 Å². The molecule has 0 radical (unpaired) electrons. The third kappa shape index (κ3) is 2.07. The summed E-state index contributed by atoms with van der Waals surface area (Å²) in [5.41, 5.74) is 0. The lowest BCUT2D eigenvalue weighted by molar-refractivity contribution is -0.142. The Hall–Kier alpha value is -0.610. The zero-order chi connectivity index (χ0) is 9.97. The molecular weight excluding hydrogens is 182 g/mol. The Bertz CT molecular complexity index is 213. The van der Waals surface area contributed by atoms with Gasteiger partial charge in [-0.1, -0.05) is 0 Å². The van der Waals surface area contributed by atoms with E-state index in [2.05, 4.69) is 4.90 Å². The lowest BCUT2D eigenvalue weighted by atomic mass is 10.1. The molecule has 0 aliphatic carbocycles. The van der Waals surface area contributed by atoms with Crippen LogP contribution in [0.15, 0.2) is 0 Å². The summed E-state index contributed by atoms with van der Waals surface area (Å²) in [5.74, 6) is -0.114. The first-order valence-electron chi connectivity index (χ1n) is 5.32. The standard InChI is InChI=1S/C10H17NO3/c12-10(13)9-2-1-4-11(9)6-8-3-5-14-7-8/h8-9H,1-7H2,(H,12,13). The summed E-state index contributed by atoms with van der Waals surface area (Å²) in [6.45, 7) is 3.49. The second-order valence-electron chi connectivity index (χ2n) is 4.22. The number of rotatable bonds is 3. The van der Waals surface area contributed by atoms with Gasteiger partial charge < -0.3 is 9.84 Å². The molecule has 80 valence electrons. The number of nitrogens with zero attached hydrogens (tertiary/aromatic N) is 1. The highest BCUT2D eigenvalue weighted by molar-refractivity contribution is 5.73. The van der Waals surface area contributed by atoms with Crippen molar-refractivity contribution in [2.45, 2.75) is 25.3 Å². The molecule has 1 N–H and O–H groups in total. The molecule has 2 aliphatic rings. The number of likely N-dealkylation sites (tertiary alicyclic amines) is 1. The molecule has 0 aromatic rings. The first kappa shape index (κ1) is 9.93. The van der Waals surface area contributed by atoms with Crippen molar-refractivity contribution in [1.82, 2.24) is 4.90 Å². The molecule has 2 rings (SSSR count). The minimum absolute atomic E-state index is 0.240. The Labute approximate surface area is 83.8 Å². The predicted molar refractivity (Wildman–Crippen MR) is 51.2 cm³/mol. The Morgan fingerprint density at radius 2 is 2.36 bits per heavy atom. The van der Waals surface area contributed by atoms with Gasteiger partial charge in [-0.05, 0) is 31.7 Å². The SMILES string of the molecule is O=C(O)C1CCCN1CC1CCOC1. The molecule has 0 saturated carbocycles. The van der Waals surface area contributed by atoms with E-state index in [1.165, 1.54) is 0 Å². The highest BCUT2D eigenvalue weighted by Crippen LogP contribution is 2.22. The molecule has 4 nitrogen and oxygen atoms in total. The van der Waals surface area contributed by atoms with E-state index in [0.717, 1.165) is 45.6 Å². The van der Waals surface area contributed by atoms with Crippen LogP contribution in [0.3, 0.4) is 0 Å². The third-order valence-electron chi connectivity index (χ3n) is 3.17. The molecule has 2 heterocycles. The fourth-order valence-corrected chi connectivity index (χ4v) is 2.38. The van der Waals surface area contributed by atoms with Crippen LogP contribution < -0.4 is 0 Å². The molecule has 2 saturated heterocycles. The number of carboxylic acid groups (broad SMARTS) is 1. The Morgan fingerprint density at radius 3 is 3.00 bits per heavy atom. The number of aliphatic carboxylic acids is 1. The van der Waals surface area contributed by atoms with Crippen LogP contribution in [0.2, 0.25) is 0 Å². The quantitative estimate of drug-likeness (QED) is 0.722. The van der Waals surface area contributed by atoms with E-state index in [4.69, 9.17) is 9.84 Å². The van der Waals surface area contributed by atoms with Crippen molar-refractivity contribution in [2.24, 2.45) is 5.92 Å². The summed E-state index contributed by atoms with van der Waals surface area (Å²) >= 11 is 0. The van der Waals surface area contributed by atoms with E-state index >= 15 is 0 Å². The minimum atomic E-state index is -0.665. The summed E-state index contributed by atoms with van der Waals surface area (Å²) in [7, 11) is 0. The van der Waals surface area contributed by atoms with Gasteiger partial charge in [0.1, 0.15) is 6.04 Å². The van der Waals surface area contributed by atoms with Crippen LogP contribution in [0.5, 0.6) is 0 Å². The van der Waals surface area contributed by atoms with Crippen LogP contribution in [0.25, 0.3) is 0 Å². The van der Waals surface area contributed by atoms with Gasteiger partial charge in [0.15, 0.2) is 0 Å². The van der Waals surface area contributed by atoms with Crippen LogP contribution in [0, 0.1) is 5.92 Å². The first-order valence-corrected chi connectivity index (χ1v) is 5.32. The van der Waals surface area contributed by atoms with E-state index in [1.54, 1.807) is 0 Å². The van der Waals surface area contributed by atoms with Crippen LogP contribution in [0.4, 0.5) is 0 Å². The van der Waals surface area contributed by atoms with Crippen molar-refractivity contribution >= 4 is 5.97 Å². The van der Waals surface area contributed by atoms with Gasteiger partial charge in [-0.2, -0.15) is 0 Å². The molecule has 2 atom stereocenters. The third-order valence-corrected chi connectivity index (χ3v) is 3.17. The molecule has 0 aromatic heterocycles. The molecule has 2 unspecified atom stereocenters. The highest BCUT2D eigenvalue weighted by atomic mass is 16.5. The van der Waals surface area contributed by atoms with Gasteiger partial charge in [0, 0.05) is 13.2 Å². The van der Waals surface area contributed by atoms with Crippen LogP contribution in [-0.2, 0) is 9.53 Å². The summed E-state index contributed by atoms with van der Waals surface area (Å²) in [5, 5.41) is 8.98. The van der Waals surface area contributed by atoms with Crippen LogP contribution >= 0.6 is 0 Å². The van der Waals surface area contributed by atoms with E-state index in [1.807, 2.05) is 0 Å². The van der Waals surface area contributed by atoms with Gasteiger partial charge in [0.2, 0.25) is 0 Å². The van der Waals surface area contributed by atoms with E-state index in [9.17, 15) is 4.79 Å². The number of carbonyl (C=O) groups is 1. The molecule has 2 aliphatic heterocycles. The number of carboxylic acids is 1. The van der Waals surface area contributed by atoms with Gasteiger partial charge in [-0.15, -0.1) is 0 Å². The summed E-state index contributed by atoms with van der Waals surface area (Å²) in [6, 6.07) is -0.240. The maximum atomic E-state index is 10.9. The number of hydrogen-bond acceptors (Lipinski definition) is 3. The summed E-state index contributed by atoms with van der Waals surface area (Å²) < 4.78 is 5.29. The van der Waals surface area contributed by atoms with Crippen molar-refractivity contribution in [1.29, 1.82) is 0 Å². The summed E-state index contributed by atoms with van der Waals surface area (Å²) in [6.07, 6.45) is 2.91. The fourth-order valence-electron chi connectivity index (χ4n) is 2.38. The Balaban J connectivity index is 1.86. The monoisotopic (exact) mass is 199 g/mol. The predicted octanol–water partition coefficient (Wildman–Crippen LogP) is 0.572. The summed E-state index contributed by atoms with van der Waals surface area (Å²) in [4.78, 5) is 13.0. The molecule has 0 spiro atoms. The fraction of sp³-hybridized carbons (Fsp3) is 0.900. The smallest absolute Gasteiger partial charge is 0.320 e. The molecule has 14 heavy (non-hydrogen) atoms. The van der Waals surface area contributed by atoms with E-state index in [0.29, 0.717) is 5.92 Å².